The van der Waals surface area contributed by atoms with E-state index in [1.54, 1.807) is 18.2 Å². The number of carbonyl (C=O) groups is 2. The van der Waals surface area contributed by atoms with Gasteiger partial charge in [-0.05, 0) is 24.3 Å². The first-order valence-corrected chi connectivity index (χ1v) is 5.33. The lowest BCUT2D eigenvalue weighted by atomic mass is 10.2. The average Bonchev–Trinajstić information content (AvgIpc) is 2.39. The number of carboxylic acids is 1. The summed E-state index contributed by atoms with van der Waals surface area (Å²) in [5, 5.41) is 8.85. The Morgan fingerprint density at radius 1 is 1.16 bits per heavy atom. The van der Waals surface area contributed by atoms with Crippen LogP contribution in [0.2, 0.25) is 0 Å². The van der Waals surface area contributed by atoms with Gasteiger partial charge in [0.2, 0.25) is 11.8 Å². The number of carbonyl (C=O) groups excluding carboxylic acids is 1. The highest BCUT2D eigenvalue weighted by Gasteiger charge is 2.07. The highest BCUT2D eigenvalue weighted by molar-refractivity contribution is 5.93. The molecule has 19 heavy (non-hydrogen) atoms. The lowest BCUT2D eigenvalue weighted by Crippen LogP contribution is -2.10. The standard InChI is InChI=1S/C13H10N2O4/c14-12(16)8-2-1-3-10(6-8)19-11-7-9(13(17)18)4-5-15-11/h1-7H,(H2,14,16)(H,17,18). The molecule has 0 spiro atoms. The van der Waals surface area contributed by atoms with Crippen molar-refractivity contribution in [1.82, 2.24) is 4.98 Å². The van der Waals surface area contributed by atoms with Crippen LogP contribution in [-0.2, 0) is 0 Å². The van der Waals surface area contributed by atoms with Crippen LogP contribution in [0.25, 0.3) is 0 Å². The maximum Gasteiger partial charge on any atom is 0.335 e. The Hall–Kier alpha value is -2.89. The van der Waals surface area contributed by atoms with E-state index in [4.69, 9.17) is 15.6 Å². The number of amides is 1. The van der Waals surface area contributed by atoms with Crippen LogP contribution in [0.5, 0.6) is 11.6 Å². The normalized spacial score (nSPS) is 9.89. The van der Waals surface area contributed by atoms with Gasteiger partial charge in [0.25, 0.3) is 0 Å². The van der Waals surface area contributed by atoms with Crippen molar-refractivity contribution in [2.24, 2.45) is 5.73 Å². The van der Waals surface area contributed by atoms with Crippen molar-refractivity contribution in [1.29, 1.82) is 0 Å². The molecule has 0 unspecified atom stereocenters. The molecular weight excluding hydrogens is 248 g/mol. The highest BCUT2D eigenvalue weighted by Crippen LogP contribution is 2.21. The summed E-state index contributed by atoms with van der Waals surface area (Å²) in [5.41, 5.74) is 5.52. The summed E-state index contributed by atoms with van der Waals surface area (Å²) in [6, 6.07) is 8.88. The number of ether oxygens (including phenoxy) is 1. The Morgan fingerprint density at radius 2 is 1.95 bits per heavy atom. The number of rotatable bonds is 4. The number of aromatic nitrogens is 1. The molecule has 0 aliphatic carbocycles. The van der Waals surface area contributed by atoms with Gasteiger partial charge in [0, 0.05) is 17.8 Å². The molecule has 0 fully saturated rings. The summed E-state index contributed by atoms with van der Waals surface area (Å²) >= 11 is 0. The monoisotopic (exact) mass is 258 g/mol. The van der Waals surface area contributed by atoms with Crippen LogP contribution in [0.3, 0.4) is 0 Å². The Morgan fingerprint density at radius 3 is 2.63 bits per heavy atom. The fraction of sp³-hybridized carbons (Fsp3) is 0. The maximum absolute atomic E-state index is 11.0. The van der Waals surface area contributed by atoms with Crippen molar-refractivity contribution in [3.05, 3.63) is 53.7 Å². The second kappa shape index (κ2) is 5.18. The van der Waals surface area contributed by atoms with Crippen molar-refractivity contribution in [2.45, 2.75) is 0 Å². The molecule has 0 bridgehead atoms. The lowest BCUT2D eigenvalue weighted by Gasteiger charge is -2.06. The zero-order chi connectivity index (χ0) is 13.8. The predicted octanol–water partition coefficient (Wildman–Crippen LogP) is 1.67. The molecule has 1 amide bonds. The van der Waals surface area contributed by atoms with Crippen LogP contribution in [0, 0.1) is 0 Å². The first-order chi connectivity index (χ1) is 9.06. The molecule has 0 aliphatic heterocycles. The van der Waals surface area contributed by atoms with Gasteiger partial charge in [0.1, 0.15) is 5.75 Å². The summed E-state index contributed by atoms with van der Waals surface area (Å²) in [6.45, 7) is 0. The van der Waals surface area contributed by atoms with Gasteiger partial charge in [-0.15, -0.1) is 0 Å². The van der Waals surface area contributed by atoms with Gasteiger partial charge in [0.15, 0.2) is 0 Å². The molecule has 0 radical (unpaired) electrons. The van der Waals surface area contributed by atoms with E-state index in [1.807, 2.05) is 0 Å². The van der Waals surface area contributed by atoms with Crippen LogP contribution >= 0.6 is 0 Å². The Bertz CT molecular complexity index is 585. The summed E-state index contributed by atoms with van der Waals surface area (Å²) in [5.74, 6) is -1.16. The maximum atomic E-state index is 11.0. The minimum absolute atomic E-state index is 0.0658. The van der Waals surface area contributed by atoms with Gasteiger partial charge in [-0.25, -0.2) is 9.78 Å². The minimum Gasteiger partial charge on any atom is -0.478 e. The van der Waals surface area contributed by atoms with Gasteiger partial charge < -0.3 is 15.6 Å². The Labute approximate surface area is 108 Å². The van der Waals surface area contributed by atoms with Gasteiger partial charge >= 0.3 is 5.97 Å². The molecule has 1 aromatic carbocycles. The van der Waals surface area contributed by atoms with E-state index >= 15 is 0 Å². The molecule has 6 heteroatoms. The number of benzene rings is 1. The molecule has 0 saturated heterocycles. The number of pyridine rings is 1. The number of aromatic carboxylic acids is 1. The van der Waals surface area contributed by atoms with Crippen molar-refractivity contribution >= 4 is 11.9 Å². The zero-order valence-corrected chi connectivity index (χ0v) is 9.74. The van der Waals surface area contributed by atoms with E-state index in [9.17, 15) is 9.59 Å². The molecule has 2 aromatic rings. The quantitative estimate of drug-likeness (QED) is 0.868. The van der Waals surface area contributed by atoms with Crippen LogP contribution in [0.1, 0.15) is 20.7 Å². The summed E-state index contributed by atoms with van der Waals surface area (Å²) < 4.78 is 5.38. The first kappa shape index (κ1) is 12.6. The molecule has 0 saturated carbocycles. The molecule has 96 valence electrons. The van der Waals surface area contributed by atoms with Crippen LogP contribution < -0.4 is 10.5 Å². The lowest BCUT2D eigenvalue weighted by molar-refractivity contribution is 0.0696. The Kier molecular flexibility index (Phi) is 3.42. The number of primary amides is 1. The number of hydrogen-bond donors (Lipinski definition) is 2. The molecule has 1 heterocycles. The molecular formula is C13H10N2O4. The van der Waals surface area contributed by atoms with E-state index in [2.05, 4.69) is 4.98 Å². The van der Waals surface area contributed by atoms with E-state index in [1.165, 1.54) is 24.4 Å². The first-order valence-electron chi connectivity index (χ1n) is 5.33. The number of nitrogens with two attached hydrogens (primary N) is 1. The van der Waals surface area contributed by atoms with E-state index in [0.29, 0.717) is 11.3 Å². The highest BCUT2D eigenvalue weighted by atomic mass is 16.5. The third kappa shape index (κ3) is 3.06. The van der Waals surface area contributed by atoms with Crippen molar-refractivity contribution < 1.29 is 19.4 Å². The Balaban J connectivity index is 2.26. The fourth-order valence-electron chi connectivity index (χ4n) is 1.43. The molecule has 1 aromatic heterocycles. The van der Waals surface area contributed by atoms with Crippen LogP contribution in [-0.4, -0.2) is 22.0 Å². The topological polar surface area (TPSA) is 103 Å². The summed E-state index contributed by atoms with van der Waals surface area (Å²) in [4.78, 5) is 25.7. The number of carboxylic acid groups (broad SMARTS) is 1. The molecule has 0 atom stereocenters. The van der Waals surface area contributed by atoms with Crippen LogP contribution in [0.4, 0.5) is 0 Å². The fourth-order valence-corrected chi connectivity index (χ4v) is 1.43. The van der Waals surface area contributed by atoms with Gasteiger partial charge in [-0.2, -0.15) is 0 Å². The molecule has 3 N–H and O–H groups in total. The smallest absolute Gasteiger partial charge is 0.335 e. The number of nitrogens with zero attached hydrogens (tertiary/aromatic N) is 1. The third-order valence-electron chi connectivity index (χ3n) is 2.32. The largest absolute Gasteiger partial charge is 0.478 e. The van der Waals surface area contributed by atoms with Crippen molar-refractivity contribution in [3.63, 3.8) is 0 Å². The second-order valence-corrected chi connectivity index (χ2v) is 3.68. The van der Waals surface area contributed by atoms with Crippen LogP contribution in [0.15, 0.2) is 42.6 Å². The molecule has 6 nitrogen and oxygen atoms in total. The summed E-state index contributed by atoms with van der Waals surface area (Å²) in [7, 11) is 0. The zero-order valence-electron chi connectivity index (χ0n) is 9.74. The second-order valence-electron chi connectivity index (χ2n) is 3.68. The molecule has 2 rings (SSSR count). The SMILES string of the molecule is NC(=O)c1cccc(Oc2cc(C(=O)O)ccn2)c1. The van der Waals surface area contributed by atoms with Crippen molar-refractivity contribution in [2.75, 3.05) is 0 Å². The van der Waals surface area contributed by atoms with Gasteiger partial charge in [0.05, 0.1) is 5.56 Å². The van der Waals surface area contributed by atoms with E-state index in [-0.39, 0.29) is 11.4 Å². The van der Waals surface area contributed by atoms with Gasteiger partial charge in [-0.3, -0.25) is 4.79 Å². The van der Waals surface area contributed by atoms with E-state index in [0.717, 1.165) is 0 Å². The number of hydrogen-bond acceptors (Lipinski definition) is 4. The van der Waals surface area contributed by atoms with E-state index < -0.39 is 11.9 Å². The third-order valence-corrected chi connectivity index (χ3v) is 2.32. The minimum atomic E-state index is -1.07. The predicted molar refractivity (Wildman–Crippen MR) is 66.2 cm³/mol. The van der Waals surface area contributed by atoms with Gasteiger partial charge in [-0.1, -0.05) is 6.07 Å². The van der Waals surface area contributed by atoms with Crippen molar-refractivity contribution in [3.8, 4) is 11.6 Å². The molecule has 0 aliphatic rings. The average molecular weight is 258 g/mol. The summed E-state index contributed by atoms with van der Waals surface area (Å²) in [6.07, 6.45) is 1.33.